The number of hydrogen-bond donors (Lipinski definition) is 1. The van der Waals surface area contributed by atoms with Crippen LogP contribution in [0.4, 0.5) is 5.69 Å². The molecule has 0 amide bonds. The van der Waals surface area contributed by atoms with Gasteiger partial charge in [-0.3, -0.25) is 15.1 Å². The van der Waals surface area contributed by atoms with Gasteiger partial charge in [-0.2, -0.15) is 0 Å². The highest BCUT2D eigenvalue weighted by molar-refractivity contribution is 5.64. The maximum atomic E-state index is 10.6. The predicted octanol–water partition coefficient (Wildman–Crippen LogP) is 3.42. The molecule has 0 radical (unpaired) electrons. The number of nitro groups is 1. The Kier molecular flexibility index (Phi) is 3.43. The average Bonchev–Trinajstić information content (AvgIpc) is 2.96. The van der Waals surface area contributed by atoms with E-state index in [2.05, 4.69) is 4.98 Å². The van der Waals surface area contributed by atoms with Crippen molar-refractivity contribution >= 4 is 5.69 Å². The van der Waals surface area contributed by atoms with Gasteiger partial charge in [0.15, 0.2) is 0 Å². The molecular formula is C16H16N2O3. The zero-order valence-electron chi connectivity index (χ0n) is 11.5. The Morgan fingerprint density at radius 2 is 1.67 bits per heavy atom. The van der Waals surface area contributed by atoms with Crippen molar-refractivity contribution < 1.29 is 10.0 Å². The third-order valence-electron chi connectivity index (χ3n) is 4.08. The zero-order chi connectivity index (χ0) is 14.9. The normalized spacial score (nSPS) is 16.8. The van der Waals surface area contributed by atoms with E-state index in [1.165, 1.54) is 12.1 Å². The summed E-state index contributed by atoms with van der Waals surface area (Å²) in [7, 11) is 0. The molecule has 0 unspecified atom stereocenters. The second-order valence-corrected chi connectivity index (χ2v) is 5.47. The fourth-order valence-electron chi connectivity index (χ4n) is 2.83. The highest BCUT2D eigenvalue weighted by atomic mass is 16.6. The molecule has 1 heterocycles. The summed E-state index contributed by atoms with van der Waals surface area (Å²) in [5.41, 5.74) is 1.76. The Labute approximate surface area is 122 Å². The Morgan fingerprint density at radius 3 is 2.19 bits per heavy atom. The van der Waals surface area contributed by atoms with Gasteiger partial charge < -0.3 is 5.11 Å². The van der Waals surface area contributed by atoms with Crippen molar-refractivity contribution in [2.45, 2.75) is 31.3 Å². The van der Waals surface area contributed by atoms with Crippen molar-refractivity contribution in [2.75, 3.05) is 0 Å². The minimum Gasteiger partial charge on any atom is -0.384 e. The van der Waals surface area contributed by atoms with E-state index < -0.39 is 10.5 Å². The first-order valence-electron chi connectivity index (χ1n) is 7.02. The van der Waals surface area contributed by atoms with Crippen LogP contribution in [-0.2, 0) is 5.60 Å². The number of benzene rings is 1. The molecule has 1 aliphatic carbocycles. The molecule has 2 aromatic rings. The number of pyridine rings is 1. The van der Waals surface area contributed by atoms with Crippen LogP contribution >= 0.6 is 0 Å². The van der Waals surface area contributed by atoms with Crippen molar-refractivity contribution in [3.63, 3.8) is 0 Å². The van der Waals surface area contributed by atoms with Gasteiger partial charge in [0.1, 0.15) is 5.60 Å². The van der Waals surface area contributed by atoms with Crippen LogP contribution in [0.25, 0.3) is 11.1 Å². The minimum absolute atomic E-state index is 0.0728. The van der Waals surface area contributed by atoms with E-state index in [-0.39, 0.29) is 5.69 Å². The highest BCUT2D eigenvalue weighted by Crippen LogP contribution is 2.37. The monoisotopic (exact) mass is 284 g/mol. The van der Waals surface area contributed by atoms with Crippen LogP contribution in [0.5, 0.6) is 0 Å². The minimum atomic E-state index is -0.784. The number of aromatic nitrogens is 1. The molecule has 1 N–H and O–H groups in total. The number of non-ortho nitro benzene ring substituents is 1. The highest BCUT2D eigenvalue weighted by Gasteiger charge is 2.34. The van der Waals surface area contributed by atoms with Gasteiger partial charge in [0.2, 0.25) is 0 Å². The van der Waals surface area contributed by atoms with Crippen LogP contribution < -0.4 is 0 Å². The topological polar surface area (TPSA) is 76.3 Å². The van der Waals surface area contributed by atoms with Gasteiger partial charge in [0.25, 0.3) is 5.69 Å². The maximum Gasteiger partial charge on any atom is 0.269 e. The Hall–Kier alpha value is -2.27. The molecule has 1 aromatic carbocycles. The first kappa shape index (κ1) is 13.7. The van der Waals surface area contributed by atoms with Gasteiger partial charge >= 0.3 is 0 Å². The zero-order valence-corrected chi connectivity index (χ0v) is 11.5. The smallest absolute Gasteiger partial charge is 0.269 e. The molecular weight excluding hydrogens is 268 g/mol. The fourth-order valence-corrected chi connectivity index (χ4v) is 2.83. The van der Waals surface area contributed by atoms with Crippen molar-refractivity contribution in [3.8, 4) is 11.1 Å². The van der Waals surface area contributed by atoms with E-state index in [0.717, 1.165) is 36.8 Å². The summed E-state index contributed by atoms with van der Waals surface area (Å²) in [6, 6.07) is 10.1. The molecule has 108 valence electrons. The van der Waals surface area contributed by atoms with Crippen molar-refractivity contribution in [3.05, 3.63) is 58.4 Å². The number of rotatable bonds is 3. The van der Waals surface area contributed by atoms with E-state index in [9.17, 15) is 15.2 Å². The van der Waals surface area contributed by atoms with E-state index in [0.29, 0.717) is 5.69 Å². The van der Waals surface area contributed by atoms with Gasteiger partial charge in [-0.25, -0.2) is 0 Å². The van der Waals surface area contributed by atoms with Gasteiger partial charge in [-0.05, 0) is 36.6 Å². The molecule has 1 aromatic heterocycles. The van der Waals surface area contributed by atoms with Crippen molar-refractivity contribution in [2.24, 2.45) is 0 Å². The van der Waals surface area contributed by atoms with Crippen molar-refractivity contribution in [1.82, 2.24) is 4.98 Å². The van der Waals surface area contributed by atoms with Crippen molar-refractivity contribution in [1.29, 1.82) is 0 Å². The summed E-state index contributed by atoms with van der Waals surface area (Å²) in [5.74, 6) is 0. The third kappa shape index (κ3) is 2.64. The molecule has 5 heteroatoms. The molecule has 1 saturated carbocycles. The van der Waals surface area contributed by atoms with Gasteiger partial charge in [0.05, 0.1) is 10.6 Å². The summed E-state index contributed by atoms with van der Waals surface area (Å²) in [6.45, 7) is 0. The van der Waals surface area contributed by atoms with Crippen LogP contribution in [0.3, 0.4) is 0 Å². The Bertz CT molecular complexity index is 644. The Morgan fingerprint density at radius 1 is 1.05 bits per heavy atom. The summed E-state index contributed by atoms with van der Waals surface area (Å²) >= 11 is 0. The van der Waals surface area contributed by atoms with Crippen LogP contribution in [0, 0.1) is 10.1 Å². The molecule has 0 spiro atoms. The van der Waals surface area contributed by atoms with E-state index in [4.69, 9.17) is 0 Å². The lowest BCUT2D eigenvalue weighted by Crippen LogP contribution is -2.22. The summed E-state index contributed by atoms with van der Waals surface area (Å²) in [4.78, 5) is 14.6. The largest absolute Gasteiger partial charge is 0.384 e. The first-order valence-corrected chi connectivity index (χ1v) is 7.02. The van der Waals surface area contributed by atoms with Gasteiger partial charge in [-0.1, -0.05) is 18.9 Å². The standard InChI is InChI=1S/C16H16N2O3/c19-16(9-1-2-10-16)15-8-5-13(11-17-15)12-3-6-14(7-4-12)18(20)21/h3-8,11,19H,1-2,9-10H2. The number of nitrogens with zero attached hydrogens (tertiary/aromatic N) is 2. The maximum absolute atomic E-state index is 10.6. The number of nitro benzene ring substituents is 1. The van der Waals surface area contributed by atoms with E-state index >= 15 is 0 Å². The fraction of sp³-hybridized carbons (Fsp3) is 0.312. The Balaban J connectivity index is 1.85. The van der Waals surface area contributed by atoms with Crippen LogP contribution in [0.15, 0.2) is 42.6 Å². The molecule has 1 aliphatic rings. The summed E-state index contributed by atoms with van der Waals surface area (Å²) in [6.07, 6.45) is 5.30. The average molecular weight is 284 g/mol. The predicted molar refractivity (Wildman–Crippen MR) is 78.7 cm³/mol. The molecule has 3 rings (SSSR count). The van der Waals surface area contributed by atoms with E-state index in [1.54, 1.807) is 18.3 Å². The first-order chi connectivity index (χ1) is 10.1. The lowest BCUT2D eigenvalue weighted by molar-refractivity contribution is -0.384. The summed E-state index contributed by atoms with van der Waals surface area (Å²) < 4.78 is 0. The van der Waals surface area contributed by atoms with E-state index in [1.807, 2.05) is 12.1 Å². The SMILES string of the molecule is O=[N+]([O-])c1ccc(-c2ccc(C3(O)CCCC3)nc2)cc1. The lowest BCUT2D eigenvalue weighted by atomic mass is 9.96. The van der Waals surface area contributed by atoms with Crippen LogP contribution in [0.2, 0.25) is 0 Å². The third-order valence-corrected chi connectivity index (χ3v) is 4.08. The second kappa shape index (κ2) is 5.26. The number of hydrogen-bond acceptors (Lipinski definition) is 4. The second-order valence-electron chi connectivity index (χ2n) is 5.47. The number of aliphatic hydroxyl groups is 1. The quantitative estimate of drug-likeness (QED) is 0.692. The molecule has 5 nitrogen and oxygen atoms in total. The molecule has 21 heavy (non-hydrogen) atoms. The molecule has 0 atom stereocenters. The molecule has 1 fully saturated rings. The summed E-state index contributed by atoms with van der Waals surface area (Å²) in [5, 5.41) is 21.1. The van der Waals surface area contributed by atoms with Gasteiger partial charge in [-0.15, -0.1) is 0 Å². The van der Waals surface area contributed by atoms with Crippen LogP contribution in [0.1, 0.15) is 31.4 Å². The molecule has 0 bridgehead atoms. The van der Waals surface area contributed by atoms with Crippen LogP contribution in [-0.4, -0.2) is 15.0 Å². The lowest BCUT2D eigenvalue weighted by Gasteiger charge is -2.21. The molecule has 0 aliphatic heterocycles. The van der Waals surface area contributed by atoms with Gasteiger partial charge in [0, 0.05) is 23.9 Å². The molecule has 0 saturated heterocycles.